The van der Waals surface area contributed by atoms with Crippen LogP contribution in [0.4, 0.5) is 0 Å². The molecule has 19 heavy (non-hydrogen) atoms. The summed E-state index contributed by atoms with van der Waals surface area (Å²) < 4.78 is 5.51. The monoisotopic (exact) mass is 261 g/mol. The third-order valence-corrected chi connectivity index (χ3v) is 4.67. The number of para-hydroxylation sites is 1. The number of ether oxygens (including phenoxy) is 1. The minimum atomic E-state index is 0.399. The van der Waals surface area contributed by atoms with Crippen molar-refractivity contribution in [3.8, 4) is 5.75 Å². The summed E-state index contributed by atoms with van der Waals surface area (Å²) in [6.45, 7) is 7.06. The highest BCUT2D eigenvalue weighted by atomic mass is 16.5. The minimum absolute atomic E-state index is 0.399. The van der Waals surface area contributed by atoms with E-state index in [-0.39, 0.29) is 0 Å². The van der Waals surface area contributed by atoms with Crippen LogP contribution in [0.3, 0.4) is 0 Å². The number of rotatable bonds is 5. The zero-order chi connectivity index (χ0) is 13.7. The van der Waals surface area contributed by atoms with Crippen LogP contribution in [0.5, 0.6) is 5.75 Å². The molecule has 2 atom stereocenters. The van der Waals surface area contributed by atoms with Crippen molar-refractivity contribution in [1.82, 2.24) is 5.32 Å². The Bertz CT molecular complexity index is 402. The van der Waals surface area contributed by atoms with E-state index in [0.717, 1.165) is 24.6 Å². The zero-order valence-corrected chi connectivity index (χ0v) is 12.5. The molecular weight excluding hydrogens is 234 g/mol. The van der Waals surface area contributed by atoms with Crippen LogP contribution < -0.4 is 10.1 Å². The average molecular weight is 261 g/mol. The Hall–Kier alpha value is -1.02. The Labute approximate surface area is 117 Å². The lowest BCUT2D eigenvalue weighted by atomic mass is 9.67. The second-order valence-corrected chi connectivity index (χ2v) is 6.08. The normalized spacial score (nSPS) is 27.2. The van der Waals surface area contributed by atoms with Gasteiger partial charge < -0.3 is 10.1 Å². The first-order valence-corrected chi connectivity index (χ1v) is 7.52. The summed E-state index contributed by atoms with van der Waals surface area (Å²) in [6, 6.07) is 8.47. The molecule has 0 aromatic heterocycles. The van der Waals surface area contributed by atoms with Crippen molar-refractivity contribution in [2.45, 2.75) is 39.5 Å². The van der Waals surface area contributed by atoms with Crippen molar-refractivity contribution in [2.24, 2.45) is 11.3 Å². The highest BCUT2D eigenvalue weighted by molar-refractivity contribution is 5.34. The molecule has 1 aromatic rings. The predicted molar refractivity (Wildman–Crippen MR) is 80.7 cm³/mol. The molecule has 0 spiro atoms. The summed E-state index contributed by atoms with van der Waals surface area (Å²) in [5.74, 6) is 1.81. The number of piperidine rings is 1. The Balaban J connectivity index is 2.18. The van der Waals surface area contributed by atoms with Crippen LogP contribution in [0, 0.1) is 11.3 Å². The molecule has 1 aliphatic rings. The smallest absolute Gasteiger partial charge is 0.122 e. The minimum Gasteiger partial charge on any atom is -0.496 e. The fourth-order valence-corrected chi connectivity index (χ4v) is 3.42. The second kappa shape index (κ2) is 6.42. The molecule has 2 heteroatoms. The SMILES string of the molecule is CCCC1CNCCC1(C)Cc1ccccc1OC. The number of nitrogens with one attached hydrogen (secondary N) is 1. The van der Waals surface area contributed by atoms with E-state index in [9.17, 15) is 0 Å². The molecule has 2 unspecified atom stereocenters. The lowest BCUT2D eigenvalue weighted by Crippen LogP contribution is -2.44. The first-order chi connectivity index (χ1) is 9.19. The Kier molecular flexibility index (Phi) is 4.87. The maximum absolute atomic E-state index is 5.51. The zero-order valence-electron chi connectivity index (χ0n) is 12.5. The van der Waals surface area contributed by atoms with Crippen LogP contribution in [-0.2, 0) is 6.42 Å². The Morgan fingerprint density at radius 2 is 2.16 bits per heavy atom. The highest BCUT2D eigenvalue weighted by Gasteiger charge is 2.36. The van der Waals surface area contributed by atoms with Gasteiger partial charge in [-0.1, -0.05) is 38.5 Å². The summed E-state index contributed by atoms with van der Waals surface area (Å²) >= 11 is 0. The standard InChI is InChI=1S/C17H27NO/c1-4-7-15-13-18-11-10-17(15,2)12-14-8-5-6-9-16(14)19-3/h5-6,8-9,15,18H,4,7,10-13H2,1-3H3. The Morgan fingerprint density at radius 1 is 1.37 bits per heavy atom. The molecule has 0 radical (unpaired) electrons. The second-order valence-electron chi connectivity index (χ2n) is 6.08. The quantitative estimate of drug-likeness (QED) is 0.873. The van der Waals surface area contributed by atoms with Crippen LogP contribution in [0.15, 0.2) is 24.3 Å². The van der Waals surface area contributed by atoms with E-state index in [2.05, 4.69) is 43.4 Å². The van der Waals surface area contributed by atoms with E-state index in [1.165, 1.54) is 31.4 Å². The van der Waals surface area contributed by atoms with Gasteiger partial charge in [0, 0.05) is 0 Å². The van der Waals surface area contributed by atoms with Crippen LogP contribution >= 0.6 is 0 Å². The number of hydrogen-bond donors (Lipinski definition) is 1. The summed E-state index contributed by atoms with van der Waals surface area (Å²) in [7, 11) is 1.77. The van der Waals surface area contributed by atoms with Gasteiger partial charge in [0.15, 0.2) is 0 Å². The van der Waals surface area contributed by atoms with Gasteiger partial charge >= 0.3 is 0 Å². The molecule has 1 fully saturated rings. The molecule has 1 N–H and O–H groups in total. The summed E-state index contributed by atoms with van der Waals surface area (Å²) in [5, 5.41) is 3.56. The highest BCUT2D eigenvalue weighted by Crippen LogP contribution is 2.40. The van der Waals surface area contributed by atoms with Gasteiger partial charge in [-0.15, -0.1) is 0 Å². The lowest BCUT2D eigenvalue weighted by molar-refractivity contribution is 0.119. The van der Waals surface area contributed by atoms with Crippen LogP contribution in [-0.4, -0.2) is 20.2 Å². The van der Waals surface area contributed by atoms with Crippen molar-refractivity contribution in [2.75, 3.05) is 20.2 Å². The van der Waals surface area contributed by atoms with E-state index >= 15 is 0 Å². The van der Waals surface area contributed by atoms with Gasteiger partial charge in [-0.25, -0.2) is 0 Å². The van der Waals surface area contributed by atoms with Gasteiger partial charge in [-0.3, -0.25) is 0 Å². The van der Waals surface area contributed by atoms with Crippen molar-refractivity contribution in [1.29, 1.82) is 0 Å². The van der Waals surface area contributed by atoms with Gasteiger partial charge in [0.1, 0.15) is 5.75 Å². The van der Waals surface area contributed by atoms with E-state index in [1.807, 2.05) is 0 Å². The summed E-state index contributed by atoms with van der Waals surface area (Å²) in [6.07, 6.45) is 4.98. The van der Waals surface area contributed by atoms with Gasteiger partial charge in [-0.05, 0) is 55.3 Å². The summed E-state index contributed by atoms with van der Waals surface area (Å²) in [5.41, 5.74) is 1.76. The largest absolute Gasteiger partial charge is 0.496 e. The fourth-order valence-electron chi connectivity index (χ4n) is 3.42. The van der Waals surface area contributed by atoms with Gasteiger partial charge in [0.2, 0.25) is 0 Å². The van der Waals surface area contributed by atoms with Crippen LogP contribution in [0.25, 0.3) is 0 Å². The average Bonchev–Trinajstić information content (AvgIpc) is 2.42. The molecule has 0 aliphatic carbocycles. The van der Waals surface area contributed by atoms with Gasteiger partial charge in [-0.2, -0.15) is 0 Å². The molecule has 106 valence electrons. The Morgan fingerprint density at radius 3 is 2.89 bits per heavy atom. The van der Waals surface area contributed by atoms with Crippen molar-refractivity contribution >= 4 is 0 Å². The molecule has 0 saturated carbocycles. The van der Waals surface area contributed by atoms with E-state index < -0.39 is 0 Å². The van der Waals surface area contributed by atoms with E-state index in [0.29, 0.717) is 5.41 Å². The maximum Gasteiger partial charge on any atom is 0.122 e. The molecule has 1 saturated heterocycles. The molecule has 2 rings (SSSR count). The van der Waals surface area contributed by atoms with Gasteiger partial charge in [0.05, 0.1) is 7.11 Å². The molecule has 0 bridgehead atoms. The maximum atomic E-state index is 5.51. The molecular formula is C17H27NO. The summed E-state index contributed by atoms with van der Waals surface area (Å²) in [4.78, 5) is 0. The van der Waals surface area contributed by atoms with E-state index in [4.69, 9.17) is 4.74 Å². The molecule has 1 heterocycles. The van der Waals surface area contributed by atoms with E-state index in [1.54, 1.807) is 7.11 Å². The van der Waals surface area contributed by atoms with Crippen molar-refractivity contribution in [3.63, 3.8) is 0 Å². The topological polar surface area (TPSA) is 21.3 Å². The first kappa shape index (κ1) is 14.4. The predicted octanol–water partition coefficient (Wildman–Crippen LogP) is 3.65. The van der Waals surface area contributed by atoms with Gasteiger partial charge in [0.25, 0.3) is 0 Å². The first-order valence-electron chi connectivity index (χ1n) is 7.52. The molecule has 0 amide bonds. The number of benzene rings is 1. The molecule has 2 nitrogen and oxygen atoms in total. The van der Waals surface area contributed by atoms with Crippen LogP contribution in [0.1, 0.15) is 38.7 Å². The number of hydrogen-bond acceptors (Lipinski definition) is 2. The molecule has 1 aliphatic heterocycles. The van der Waals surface area contributed by atoms with Crippen molar-refractivity contribution < 1.29 is 4.74 Å². The lowest BCUT2D eigenvalue weighted by Gasteiger charge is -2.42. The fraction of sp³-hybridized carbons (Fsp3) is 0.647. The van der Waals surface area contributed by atoms with Crippen molar-refractivity contribution in [3.05, 3.63) is 29.8 Å². The molecule has 1 aromatic carbocycles. The van der Waals surface area contributed by atoms with Crippen LogP contribution in [0.2, 0.25) is 0 Å². The third kappa shape index (κ3) is 3.30. The number of methoxy groups -OCH3 is 1. The third-order valence-electron chi connectivity index (χ3n) is 4.67.